The van der Waals surface area contributed by atoms with Crippen LogP contribution in [0.1, 0.15) is 58.8 Å². The van der Waals surface area contributed by atoms with Crippen molar-refractivity contribution in [3.05, 3.63) is 0 Å². The summed E-state index contributed by atoms with van der Waals surface area (Å²) in [6.45, 7) is 4.19. The number of aliphatic hydroxyl groups is 1. The molecule has 2 fully saturated rings. The van der Waals surface area contributed by atoms with E-state index in [0.717, 1.165) is 44.9 Å². The molecule has 15 heavy (non-hydrogen) atoms. The van der Waals surface area contributed by atoms with Crippen LogP contribution in [0.4, 0.5) is 0 Å². The second-order valence-electron chi connectivity index (χ2n) is 5.97. The molecule has 0 saturated heterocycles. The van der Waals surface area contributed by atoms with Crippen molar-refractivity contribution >= 4 is 5.78 Å². The second-order valence-corrected chi connectivity index (χ2v) is 5.97. The monoisotopic (exact) mass is 210 g/mol. The third-order valence-electron chi connectivity index (χ3n) is 4.76. The SMILES string of the molecule is CC(C)C1(O)CCC2(CCC(=O)C2)CC1. The van der Waals surface area contributed by atoms with Gasteiger partial charge in [0.2, 0.25) is 0 Å². The minimum Gasteiger partial charge on any atom is -0.390 e. The summed E-state index contributed by atoms with van der Waals surface area (Å²) in [6.07, 6.45) is 6.50. The Labute approximate surface area is 92.1 Å². The molecule has 1 spiro atoms. The molecule has 2 saturated carbocycles. The standard InChI is InChI=1S/C13H22O2/c1-10(2)13(15)7-5-12(6-8-13)4-3-11(14)9-12/h10,15H,3-9H2,1-2H3. The van der Waals surface area contributed by atoms with E-state index >= 15 is 0 Å². The first-order valence-electron chi connectivity index (χ1n) is 6.20. The smallest absolute Gasteiger partial charge is 0.133 e. The minimum absolute atomic E-state index is 0.276. The van der Waals surface area contributed by atoms with Gasteiger partial charge in [0.05, 0.1) is 5.60 Å². The molecule has 2 heteroatoms. The van der Waals surface area contributed by atoms with E-state index in [1.54, 1.807) is 0 Å². The predicted molar refractivity (Wildman–Crippen MR) is 59.5 cm³/mol. The summed E-state index contributed by atoms with van der Waals surface area (Å²) in [5.74, 6) is 0.775. The average molecular weight is 210 g/mol. The molecule has 0 unspecified atom stereocenters. The highest BCUT2D eigenvalue weighted by atomic mass is 16.3. The van der Waals surface area contributed by atoms with Crippen LogP contribution in [0.15, 0.2) is 0 Å². The van der Waals surface area contributed by atoms with E-state index < -0.39 is 5.60 Å². The summed E-state index contributed by atoms with van der Waals surface area (Å²) in [6, 6.07) is 0. The van der Waals surface area contributed by atoms with Gasteiger partial charge in [-0.3, -0.25) is 4.79 Å². The van der Waals surface area contributed by atoms with Gasteiger partial charge in [-0.2, -0.15) is 0 Å². The van der Waals surface area contributed by atoms with Crippen molar-refractivity contribution in [1.29, 1.82) is 0 Å². The third-order valence-corrected chi connectivity index (χ3v) is 4.76. The van der Waals surface area contributed by atoms with Crippen LogP contribution in [-0.2, 0) is 4.79 Å². The van der Waals surface area contributed by atoms with Crippen LogP contribution < -0.4 is 0 Å². The number of hydrogen-bond donors (Lipinski definition) is 1. The molecule has 0 aromatic heterocycles. The maximum atomic E-state index is 11.3. The van der Waals surface area contributed by atoms with Gasteiger partial charge < -0.3 is 5.11 Å². The zero-order chi connectivity index (χ0) is 11.1. The molecule has 2 aliphatic rings. The Morgan fingerprint density at radius 1 is 1.13 bits per heavy atom. The Kier molecular flexibility index (Phi) is 2.66. The Morgan fingerprint density at radius 2 is 1.73 bits per heavy atom. The minimum atomic E-state index is -0.461. The third kappa shape index (κ3) is 1.96. The molecule has 0 radical (unpaired) electrons. The van der Waals surface area contributed by atoms with Crippen LogP contribution >= 0.6 is 0 Å². The lowest BCUT2D eigenvalue weighted by Gasteiger charge is -2.44. The van der Waals surface area contributed by atoms with Gasteiger partial charge in [-0.15, -0.1) is 0 Å². The second kappa shape index (κ2) is 3.58. The normalized spacial score (nSPS) is 41.7. The van der Waals surface area contributed by atoms with Crippen molar-refractivity contribution in [2.75, 3.05) is 0 Å². The predicted octanol–water partition coefficient (Wildman–Crippen LogP) is 2.69. The number of carbonyl (C=O) groups is 1. The van der Waals surface area contributed by atoms with Gasteiger partial charge in [0.1, 0.15) is 5.78 Å². The molecule has 86 valence electrons. The van der Waals surface area contributed by atoms with Crippen LogP contribution in [0.5, 0.6) is 0 Å². The molecular formula is C13H22O2. The van der Waals surface area contributed by atoms with Gasteiger partial charge in [-0.05, 0) is 43.4 Å². The number of ketones is 1. The van der Waals surface area contributed by atoms with E-state index in [0.29, 0.717) is 11.7 Å². The Bertz CT molecular complexity index is 260. The molecule has 0 atom stereocenters. The van der Waals surface area contributed by atoms with E-state index in [1.807, 2.05) is 0 Å². The molecule has 0 aliphatic heterocycles. The summed E-state index contributed by atoms with van der Waals surface area (Å²) in [5, 5.41) is 10.4. The number of rotatable bonds is 1. The molecule has 0 aromatic rings. The number of carbonyl (C=O) groups excluding carboxylic acids is 1. The van der Waals surface area contributed by atoms with Gasteiger partial charge in [-0.1, -0.05) is 13.8 Å². The largest absolute Gasteiger partial charge is 0.390 e. The van der Waals surface area contributed by atoms with Crippen molar-refractivity contribution in [3.63, 3.8) is 0 Å². The van der Waals surface area contributed by atoms with E-state index in [4.69, 9.17) is 0 Å². The fourth-order valence-electron chi connectivity index (χ4n) is 3.22. The highest BCUT2D eigenvalue weighted by Gasteiger charge is 2.46. The van der Waals surface area contributed by atoms with Gasteiger partial charge in [-0.25, -0.2) is 0 Å². The Balaban J connectivity index is 2.00. The summed E-state index contributed by atoms with van der Waals surface area (Å²) in [5.41, 5.74) is -0.185. The average Bonchev–Trinajstić information content (AvgIpc) is 2.54. The molecule has 2 aliphatic carbocycles. The maximum absolute atomic E-state index is 11.3. The first kappa shape index (κ1) is 11.1. The number of Topliss-reactive ketones (excluding diaryl/α,β-unsaturated/α-hetero) is 1. The highest BCUT2D eigenvalue weighted by Crippen LogP contribution is 2.51. The van der Waals surface area contributed by atoms with E-state index in [9.17, 15) is 9.90 Å². The van der Waals surface area contributed by atoms with Crippen molar-refractivity contribution in [1.82, 2.24) is 0 Å². The van der Waals surface area contributed by atoms with Crippen LogP contribution in [0.25, 0.3) is 0 Å². The molecule has 0 bridgehead atoms. The Morgan fingerprint density at radius 3 is 2.13 bits per heavy atom. The highest BCUT2D eigenvalue weighted by molar-refractivity contribution is 5.81. The molecule has 2 rings (SSSR count). The summed E-state index contributed by atoms with van der Waals surface area (Å²) >= 11 is 0. The lowest BCUT2D eigenvalue weighted by atomic mass is 9.65. The zero-order valence-electron chi connectivity index (χ0n) is 9.88. The topological polar surface area (TPSA) is 37.3 Å². The van der Waals surface area contributed by atoms with E-state index in [2.05, 4.69) is 13.8 Å². The van der Waals surface area contributed by atoms with E-state index in [1.165, 1.54) is 0 Å². The van der Waals surface area contributed by atoms with Crippen molar-refractivity contribution < 1.29 is 9.90 Å². The maximum Gasteiger partial charge on any atom is 0.133 e. The first-order valence-corrected chi connectivity index (χ1v) is 6.20. The fourth-order valence-corrected chi connectivity index (χ4v) is 3.22. The fraction of sp³-hybridized carbons (Fsp3) is 0.923. The van der Waals surface area contributed by atoms with Crippen molar-refractivity contribution in [3.8, 4) is 0 Å². The molecule has 0 heterocycles. The number of hydrogen-bond acceptors (Lipinski definition) is 2. The summed E-state index contributed by atoms with van der Waals surface area (Å²) in [4.78, 5) is 11.3. The van der Waals surface area contributed by atoms with Crippen LogP contribution in [0.3, 0.4) is 0 Å². The molecule has 0 amide bonds. The molecule has 2 nitrogen and oxygen atoms in total. The molecule has 0 aromatic carbocycles. The first-order chi connectivity index (χ1) is 6.96. The van der Waals surface area contributed by atoms with Gasteiger partial charge in [0, 0.05) is 12.8 Å². The lowest BCUT2D eigenvalue weighted by Crippen LogP contribution is -2.42. The zero-order valence-corrected chi connectivity index (χ0v) is 9.88. The lowest BCUT2D eigenvalue weighted by molar-refractivity contribution is -0.119. The van der Waals surface area contributed by atoms with Crippen LogP contribution in [0, 0.1) is 11.3 Å². The quantitative estimate of drug-likeness (QED) is 0.722. The Hall–Kier alpha value is -0.370. The molecular weight excluding hydrogens is 188 g/mol. The van der Waals surface area contributed by atoms with E-state index in [-0.39, 0.29) is 5.41 Å². The van der Waals surface area contributed by atoms with Crippen LogP contribution in [-0.4, -0.2) is 16.5 Å². The van der Waals surface area contributed by atoms with Gasteiger partial charge >= 0.3 is 0 Å². The van der Waals surface area contributed by atoms with Crippen LogP contribution in [0.2, 0.25) is 0 Å². The molecule has 1 N–H and O–H groups in total. The van der Waals surface area contributed by atoms with Crippen molar-refractivity contribution in [2.24, 2.45) is 11.3 Å². The summed E-state index contributed by atoms with van der Waals surface area (Å²) < 4.78 is 0. The van der Waals surface area contributed by atoms with Crippen molar-refractivity contribution in [2.45, 2.75) is 64.4 Å². The van der Waals surface area contributed by atoms with Gasteiger partial charge in [0.15, 0.2) is 0 Å². The van der Waals surface area contributed by atoms with Gasteiger partial charge in [0.25, 0.3) is 0 Å². The summed E-state index contributed by atoms with van der Waals surface area (Å²) in [7, 11) is 0.